The van der Waals surface area contributed by atoms with Gasteiger partial charge in [0.2, 0.25) is 0 Å². The van der Waals surface area contributed by atoms with Crippen molar-refractivity contribution >= 4 is 5.97 Å². The second-order valence-corrected chi connectivity index (χ2v) is 4.55. The van der Waals surface area contributed by atoms with Gasteiger partial charge in [0.25, 0.3) is 0 Å². The molecule has 0 aromatic carbocycles. The number of allylic oxidation sites excluding steroid dienone is 2. The number of nitrogens with zero attached hydrogens (tertiary/aromatic N) is 1. The van der Waals surface area contributed by atoms with Crippen molar-refractivity contribution in [3.05, 3.63) is 11.6 Å². The summed E-state index contributed by atoms with van der Waals surface area (Å²) in [5.41, 5.74) is 1.36. The van der Waals surface area contributed by atoms with Crippen molar-refractivity contribution in [3.63, 3.8) is 0 Å². The number of carboxylic acid groups (broad SMARTS) is 1. The Kier molecular flexibility index (Phi) is 4.82. The smallest absolute Gasteiger partial charge is 0.307 e. The second kappa shape index (κ2) is 5.91. The number of aliphatic carboxylic acids is 1. The lowest BCUT2D eigenvalue weighted by molar-refractivity contribution is -0.141. The highest BCUT2D eigenvalue weighted by atomic mass is 16.4. The molecule has 0 bridgehead atoms. The first kappa shape index (κ1) is 12.2. The van der Waals surface area contributed by atoms with Crippen molar-refractivity contribution in [3.8, 4) is 0 Å². The Hall–Kier alpha value is -0.830. The average molecular weight is 211 g/mol. The van der Waals surface area contributed by atoms with E-state index in [1.54, 1.807) is 0 Å². The third-order valence-electron chi connectivity index (χ3n) is 2.85. The van der Waals surface area contributed by atoms with Crippen LogP contribution < -0.4 is 0 Å². The van der Waals surface area contributed by atoms with Gasteiger partial charge < -0.3 is 10.0 Å². The summed E-state index contributed by atoms with van der Waals surface area (Å²) in [7, 11) is 0. The molecule has 1 atom stereocenters. The van der Waals surface area contributed by atoms with Crippen LogP contribution in [-0.4, -0.2) is 35.6 Å². The highest BCUT2D eigenvalue weighted by Gasteiger charge is 2.27. The van der Waals surface area contributed by atoms with E-state index in [-0.39, 0.29) is 5.92 Å². The standard InChI is InChI=1S/C12H21NO2/c1-10(2)5-3-4-7-13-8-6-11(9-13)12(14)15/h5,11H,3-4,6-9H2,1-2H3,(H,14,15). The van der Waals surface area contributed by atoms with E-state index in [2.05, 4.69) is 24.8 Å². The van der Waals surface area contributed by atoms with Gasteiger partial charge in [-0.25, -0.2) is 0 Å². The fourth-order valence-electron chi connectivity index (χ4n) is 1.94. The number of likely N-dealkylation sites (tertiary alicyclic amines) is 1. The van der Waals surface area contributed by atoms with E-state index in [9.17, 15) is 4.79 Å². The molecule has 3 nitrogen and oxygen atoms in total. The summed E-state index contributed by atoms with van der Waals surface area (Å²) in [6.07, 6.45) is 5.30. The quantitative estimate of drug-likeness (QED) is 0.559. The van der Waals surface area contributed by atoms with Gasteiger partial charge >= 0.3 is 5.97 Å². The van der Waals surface area contributed by atoms with Crippen molar-refractivity contribution in [1.82, 2.24) is 4.90 Å². The van der Waals surface area contributed by atoms with Crippen LogP contribution >= 0.6 is 0 Å². The number of rotatable bonds is 5. The van der Waals surface area contributed by atoms with E-state index >= 15 is 0 Å². The van der Waals surface area contributed by atoms with Crippen LogP contribution in [0.3, 0.4) is 0 Å². The zero-order valence-corrected chi connectivity index (χ0v) is 9.70. The van der Waals surface area contributed by atoms with Crippen LogP contribution in [0.25, 0.3) is 0 Å². The molecule has 1 fully saturated rings. The second-order valence-electron chi connectivity index (χ2n) is 4.55. The van der Waals surface area contributed by atoms with Crippen LogP contribution in [0.15, 0.2) is 11.6 Å². The third kappa shape index (κ3) is 4.47. The molecule has 1 N–H and O–H groups in total. The van der Waals surface area contributed by atoms with E-state index in [0.717, 1.165) is 38.9 Å². The Morgan fingerprint density at radius 3 is 2.80 bits per heavy atom. The SMILES string of the molecule is CC(C)=CCCCN1CCC(C(=O)O)C1. The van der Waals surface area contributed by atoms with Gasteiger partial charge in [0.15, 0.2) is 0 Å². The Balaban J connectivity index is 2.14. The maximum absolute atomic E-state index is 10.7. The number of carbonyl (C=O) groups is 1. The van der Waals surface area contributed by atoms with Crippen molar-refractivity contribution in [2.24, 2.45) is 5.92 Å². The van der Waals surface area contributed by atoms with Gasteiger partial charge in [-0.1, -0.05) is 11.6 Å². The minimum Gasteiger partial charge on any atom is -0.481 e. The summed E-state index contributed by atoms with van der Waals surface area (Å²) in [6.45, 7) is 6.94. The molecule has 0 aliphatic carbocycles. The van der Waals surface area contributed by atoms with Crippen LogP contribution in [0.2, 0.25) is 0 Å². The molecule has 0 spiro atoms. The lowest BCUT2D eigenvalue weighted by Crippen LogP contribution is -2.24. The van der Waals surface area contributed by atoms with Gasteiger partial charge in [0.1, 0.15) is 0 Å². The largest absolute Gasteiger partial charge is 0.481 e. The first-order chi connectivity index (χ1) is 7.09. The molecule has 1 rings (SSSR count). The number of carboxylic acids is 1. The van der Waals surface area contributed by atoms with E-state index < -0.39 is 5.97 Å². The normalized spacial score (nSPS) is 21.6. The number of hydrogen-bond donors (Lipinski definition) is 1. The van der Waals surface area contributed by atoms with Gasteiger partial charge in [0.05, 0.1) is 5.92 Å². The van der Waals surface area contributed by atoms with E-state index in [1.165, 1.54) is 5.57 Å². The third-order valence-corrected chi connectivity index (χ3v) is 2.85. The molecule has 0 saturated carbocycles. The predicted octanol–water partition coefficient (Wildman–Crippen LogP) is 2.14. The zero-order chi connectivity index (χ0) is 11.3. The molecule has 3 heteroatoms. The van der Waals surface area contributed by atoms with Crippen molar-refractivity contribution in [2.75, 3.05) is 19.6 Å². The number of unbranched alkanes of at least 4 members (excludes halogenated alkanes) is 1. The molecule has 86 valence electrons. The van der Waals surface area contributed by atoms with Gasteiger partial charge in [0, 0.05) is 6.54 Å². The zero-order valence-electron chi connectivity index (χ0n) is 9.70. The molecule has 1 unspecified atom stereocenters. The molecule has 1 aliphatic rings. The summed E-state index contributed by atoms with van der Waals surface area (Å²) in [6, 6.07) is 0. The molecular weight excluding hydrogens is 190 g/mol. The van der Waals surface area contributed by atoms with Gasteiger partial charge in [-0.2, -0.15) is 0 Å². The molecule has 0 aromatic heterocycles. The molecule has 0 aromatic rings. The fraction of sp³-hybridized carbons (Fsp3) is 0.750. The van der Waals surface area contributed by atoms with E-state index in [4.69, 9.17) is 5.11 Å². The fourth-order valence-corrected chi connectivity index (χ4v) is 1.94. The van der Waals surface area contributed by atoms with Crippen LogP contribution in [0.1, 0.15) is 33.1 Å². The van der Waals surface area contributed by atoms with E-state index in [0.29, 0.717) is 0 Å². The molecule has 1 aliphatic heterocycles. The molecule has 15 heavy (non-hydrogen) atoms. The van der Waals surface area contributed by atoms with Crippen LogP contribution in [0.5, 0.6) is 0 Å². The van der Waals surface area contributed by atoms with E-state index in [1.807, 2.05) is 0 Å². The number of hydrogen-bond acceptors (Lipinski definition) is 2. The van der Waals surface area contributed by atoms with Crippen molar-refractivity contribution in [1.29, 1.82) is 0 Å². The summed E-state index contributed by atoms with van der Waals surface area (Å²) in [5.74, 6) is -0.768. The maximum Gasteiger partial charge on any atom is 0.307 e. The first-order valence-electron chi connectivity index (χ1n) is 5.68. The maximum atomic E-state index is 10.7. The Morgan fingerprint density at radius 2 is 2.27 bits per heavy atom. The summed E-state index contributed by atoms with van der Waals surface area (Å²) < 4.78 is 0. The van der Waals surface area contributed by atoms with Gasteiger partial charge in [-0.15, -0.1) is 0 Å². The lowest BCUT2D eigenvalue weighted by Gasteiger charge is -2.13. The Labute approximate surface area is 91.8 Å². The average Bonchev–Trinajstić information content (AvgIpc) is 2.60. The Bertz CT molecular complexity index is 244. The summed E-state index contributed by atoms with van der Waals surface area (Å²) in [5, 5.41) is 8.84. The molecule has 0 amide bonds. The molecular formula is C12H21NO2. The highest BCUT2D eigenvalue weighted by molar-refractivity contribution is 5.70. The van der Waals surface area contributed by atoms with Crippen LogP contribution in [-0.2, 0) is 4.79 Å². The molecule has 1 saturated heterocycles. The monoisotopic (exact) mass is 211 g/mol. The van der Waals surface area contributed by atoms with Crippen molar-refractivity contribution in [2.45, 2.75) is 33.1 Å². The highest BCUT2D eigenvalue weighted by Crippen LogP contribution is 2.16. The predicted molar refractivity (Wildman–Crippen MR) is 60.8 cm³/mol. The van der Waals surface area contributed by atoms with Gasteiger partial charge in [-0.05, 0) is 46.2 Å². The minimum absolute atomic E-state index is 0.131. The van der Waals surface area contributed by atoms with Crippen molar-refractivity contribution < 1.29 is 9.90 Å². The topological polar surface area (TPSA) is 40.5 Å². The van der Waals surface area contributed by atoms with Gasteiger partial charge in [-0.3, -0.25) is 4.79 Å². The van der Waals surface area contributed by atoms with Crippen LogP contribution in [0.4, 0.5) is 0 Å². The molecule has 1 heterocycles. The summed E-state index contributed by atoms with van der Waals surface area (Å²) in [4.78, 5) is 13.0. The molecule has 0 radical (unpaired) electrons. The van der Waals surface area contributed by atoms with Crippen LogP contribution in [0, 0.1) is 5.92 Å². The Morgan fingerprint density at radius 1 is 1.53 bits per heavy atom. The lowest BCUT2D eigenvalue weighted by atomic mass is 10.1. The summed E-state index contributed by atoms with van der Waals surface area (Å²) >= 11 is 0. The minimum atomic E-state index is -0.637. The first-order valence-corrected chi connectivity index (χ1v) is 5.68.